The topological polar surface area (TPSA) is 46.9 Å². The van der Waals surface area contributed by atoms with Crippen molar-refractivity contribution in [2.75, 3.05) is 11.1 Å². The van der Waals surface area contributed by atoms with Crippen molar-refractivity contribution in [3.8, 4) is 0 Å². The quantitative estimate of drug-likeness (QED) is 0.873. The van der Waals surface area contributed by atoms with Crippen molar-refractivity contribution in [3.05, 3.63) is 41.7 Å². The largest absolute Gasteiger partial charge is 0.322 e. The van der Waals surface area contributed by atoms with Gasteiger partial charge in [-0.15, -0.1) is 11.8 Å². The van der Waals surface area contributed by atoms with Crippen LogP contribution in [0.25, 0.3) is 0 Å². The molecule has 0 aliphatic rings. The van der Waals surface area contributed by atoms with Gasteiger partial charge in [-0.1, -0.05) is 18.2 Å². The minimum Gasteiger partial charge on any atom is -0.322 e. The van der Waals surface area contributed by atoms with Crippen LogP contribution in [0.4, 0.5) is 5.69 Å². The summed E-state index contributed by atoms with van der Waals surface area (Å²) >= 11 is 1.53. The Hall–Kier alpha value is -1.75. The second-order valence-electron chi connectivity index (χ2n) is 4.32. The van der Waals surface area contributed by atoms with Gasteiger partial charge in [-0.2, -0.15) is 5.10 Å². The van der Waals surface area contributed by atoms with E-state index >= 15 is 0 Å². The SMILES string of the molecule is Cc1nn(C)c(C)c1NC(=O)CSc1ccccc1. The molecule has 2 aromatic rings. The van der Waals surface area contributed by atoms with Crippen LogP contribution in [0.2, 0.25) is 0 Å². The molecule has 1 N–H and O–H groups in total. The van der Waals surface area contributed by atoms with Crippen molar-refractivity contribution in [2.45, 2.75) is 18.7 Å². The van der Waals surface area contributed by atoms with Crippen molar-refractivity contribution in [3.63, 3.8) is 0 Å². The summed E-state index contributed by atoms with van der Waals surface area (Å²) in [5, 5.41) is 7.20. The fraction of sp³-hybridized carbons (Fsp3) is 0.286. The lowest BCUT2D eigenvalue weighted by molar-refractivity contribution is -0.113. The van der Waals surface area contributed by atoms with Crippen LogP contribution in [0, 0.1) is 13.8 Å². The Morgan fingerprint density at radius 2 is 2.00 bits per heavy atom. The maximum Gasteiger partial charge on any atom is 0.234 e. The molecular formula is C14H17N3OS. The third-order valence-electron chi connectivity index (χ3n) is 2.89. The molecule has 0 fully saturated rings. The van der Waals surface area contributed by atoms with Crippen LogP contribution >= 0.6 is 11.8 Å². The third-order valence-corrected chi connectivity index (χ3v) is 3.90. The number of nitrogens with zero attached hydrogens (tertiary/aromatic N) is 2. The zero-order valence-corrected chi connectivity index (χ0v) is 12.1. The number of benzene rings is 1. The first-order valence-corrected chi connectivity index (χ1v) is 7.04. The van der Waals surface area contributed by atoms with Crippen LogP contribution in [0.3, 0.4) is 0 Å². The van der Waals surface area contributed by atoms with Gasteiger partial charge in [0.25, 0.3) is 0 Å². The van der Waals surface area contributed by atoms with Crippen LogP contribution in [-0.2, 0) is 11.8 Å². The van der Waals surface area contributed by atoms with Gasteiger partial charge >= 0.3 is 0 Å². The maximum absolute atomic E-state index is 11.9. The Balaban J connectivity index is 1.95. The second kappa shape index (κ2) is 5.93. The van der Waals surface area contributed by atoms with Crippen LogP contribution < -0.4 is 5.32 Å². The number of rotatable bonds is 4. The van der Waals surface area contributed by atoms with E-state index in [4.69, 9.17) is 0 Å². The van der Waals surface area contributed by atoms with E-state index in [1.165, 1.54) is 11.8 Å². The lowest BCUT2D eigenvalue weighted by atomic mass is 10.3. The average molecular weight is 275 g/mol. The van der Waals surface area contributed by atoms with Crippen molar-refractivity contribution < 1.29 is 4.79 Å². The summed E-state index contributed by atoms with van der Waals surface area (Å²) in [4.78, 5) is 13.0. The number of thioether (sulfide) groups is 1. The summed E-state index contributed by atoms with van der Waals surface area (Å²) in [7, 11) is 1.87. The molecule has 0 saturated heterocycles. The van der Waals surface area contributed by atoms with E-state index in [2.05, 4.69) is 10.4 Å². The number of anilines is 1. The molecule has 0 unspecified atom stereocenters. The molecule has 2 rings (SSSR count). The minimum absolute atomic E-state index is 0.00643. The molecule has 4 nitrogen and oxygen atoms in total. The molecule has 0 radical (unpaired) electrons. The lowest BCUT2D eigenvalue weighted by Gasteiger charge is -2.05. The number of hydrogen-bond acceptors (Lipinski definition) is 3. The number of carbonyl (C=O) groups excluding carboxylic acids is 1. The van der Waals surface area contributed by atoms with Crippen molar-refractivity contribution in [2.24, 2.45) is 7.05 Å². The summed E-state index contributed by atoms with van der Waals surface area (Å²) in [5.41, 5.74) is 2.63. The molecule has 19 heavy (non-hydrogen) atoms. The van der Waals surface area contributed by atoms with E-state index < -0.39 is 0 Å². The van der Waals surface area contributed by atoms with Gasteiger partial charge in [0.15, 0.2) is 0 Å². The second-order valence-corrected chi connectivity index (χ2v) is 5.37. The summed E-state index contributed by atoms with van der Waals surface area (Å²) < 4.78 is 1.77. The highest BCUT2D eigenvalue weighted by atomic mass is 32.2. The number of aromatic nitrogens is 2. The maximum atomic E-state index is 11.9. The molecule has 0 saturated carbocycles. The van der Waals surface area contributed by atoms with Crippen molar-refractivity contribution in [1.82, 2.24) is 9.78 Å². The van der Waals surface area contributed by atoms with Crippen LogP contribution in [0.1, 0.15) is 11.4 Å². The first kappa shape index (κ1) is 13.7. The zero-order valence-electron chi connectivity index (χ0n) is 11.3. The van der Waals surface area contributed by atoms with E-state index in [1.807, 2.05) is 51.2 Å². The van der Waals surface area contributed by atoms with Gasteiger partial charge in [0.05, 0.1) is 22.8 Å². The number of hydrogen-bond donors (Lipinski definition) is 1. The normalized spacial score (nSPS) is 10.5. The highest BCUT2D eigenvalue weighted by molar-refractivity contribution is 8.00. The summed E-state index contributed by atoms with van der Waals surface area (Å²) in [6, 6.07) is 9.90. The molecule has 1 amide bonds. The number of aryl methyl sites for hydroxylation is 2. The van der Waals surface area contributed by atoms with Crippen molar-refractivity contribution in [1.29, 1.82) is 0 Å². The molecule has 0 aliphatic heterocycles. The van der Waals surface area contributed by atoms with E-state index in [0.717, 1.165) is 22.0 Å². The van der Waals surface area contributed by atoms with E-state index in [-0.39, 0.29) is 5.91 Å². The van der Waals surface area contributed by atoms with E-state index in [9.17, 15) is 4.79 Å². The highest BCUT2D eigenvalue weighted by Crippen LogP contribution is 2.20. The Bertz CT molecular complexity index is 578. The van der Waals surface area contributed by atoms with Gasteiger partial charge in [-0.25, -0.2) is 0 Å². The molecule has 0 bridgehead atoms. The molecule has 0 aliphatic carbocycles. The Labute approximate surface area is 117 Å². The molecule has 1 aromatic carbocycles. The molecule has 1 heterocycles. The number of nitrogens with one attached hydrogen (secondary N) is 1. The third kappa shape index (κ3) is 3.38. The molecule has 1 aromatic heterocycles. The Morgan fingerprint density at radius 1 is 1.32 bits per heavy atom. The van der Waals surface area contributed by atoms with Gasteiger partial charge in [-0.3, -0.25) is 9.48 Å². The summed E-state index contributed by atoms with van der Waals surface area (Å²) in [6.45, 7) is 3.84. The molecule has 100 valence electrons. The van der Waals surface area contributed by atoms with Gasteiger partial charge in [0.1, 0.15) is 0 Å². The zero-order chi connectivity index (χ0) is 13.8. The molecular weight excluding hydrogens is 258 g/mol. The predicted molar refractivity (Wildman–Crippen MR) is 78.5 cm³/mol. The summed E-state index contributed by atoms with van der Waals surface area (Å²) in [6.07, 6.45) is 0. The van der Waals surface area contributed by atoms with Crippen LogP contribution in [0.5, 0.6) is 0 Å². The Kier molecular flexibility index (Phi) is 4.27. The van der Waals surface area contributed by atoms with Gasteiger partial charge in [0.2, 0.25) is 5.91 Å². The number of amides is 1. The highest BCUT2D eigenvalue weighted by Gasteiger charge is 2.12. The van der Waals surface area contributed by atoms with E-state index in [1.54, 1.807) is 4.68 Å². The first-order chi connectivity index (χ1) is 9.08. The summed E-state index contributed by atoms with van der Waals surface area (Å²) in [5.74, 6) is 0.394. The number of carbonyl (C=O) groups is 1. The van der Waals surface area contributed by atoms with E-state index in [0.29, 0.717) is 5.75 Å². The first-order valence-electron chi connectivity index (χ1n) is 6.06. The minimum atomic E-state index is -0.00643. The standard InChI is InChI=1S/C14H17N3OS/c1-10-14(11(2)17(3)16-10)15-13(18)9-19-12-7-5-4-6-8-12/h4-8H,9H2,1-3H3,(H,15,18). The lowest BCUT2D eigenvalue weighted by Crippen LogP contribution is -2.15. The van der Waals surface area contributed by atoms with Gasteiger partial charge in [-0.05, 0) is 26.0 Å². The van der Waals surface area contributed by atoms with Crippen LogP contribution in [-0.4, -0.2) is 21.4 Å². The van der Waals surface area contributed by atoms with Gasteiger partial charge < -0.3 is 5.32 Å². The molecule has 5 heteroatoms. The average Bonchev–Trinajstić information content (AvgIpc) is 2.64. The monoisotopic (exact) mass is 275 g/mol. The smallest absolute Gasteiger partial charge is 0.234 e. The predicted octanol–water partition coefficient (Wildman–Crippen LogP) is 2.77. The van der Waals surface area contributed by atoms with Gasteiger partial charge in [0, 0.05) is 11.9 Å². The Morgan fingerprint density at radius 3 is 2.58 bits per heavy atom. The fourth-order valence-electron chi connectivity index (χ4n) is 1.80. The molecule has 0 atom stereocenters. The van der Waals surface area contributed by atoms with Crippen molar-refractivity contribution >= 4 is 23.4 Å². The van der Waals surface area contributed by atoms with Crippen LogP contribution in [0.15, 0.2) is 35.2 Å². The molecule has 0 spiro atoms. The fourth-order valence-corrected chi connectivity index (χ4v) is 2.52.